The highest BCUT2D eigenvalue weighted by atomic mass is 16.7. The van der Waals surface area contributed by atoms with Gasteiger partial charge >= 0.3 is 5.97 Å². The molecule has 2 aromatic carbocycles. The lowest BCUT2D eigenvalue weighted by Gasteiger charge is -2.25. The Bertz CT molecular complexity index is 928. The summed E-state index contributed by atoms with van der Waals surface area (Å²) in [6, 6.07) is 13.3. The fourth-order valence-electron chi connectivity index (χ4n) is 2.57. The fraction of sp³-hybridized carbons (Fsp3) is 0.211. The zero-order valence-corrected chi connectivity index (χ0v) is 16.0. The molecule has 2 aromatic rings. The van der Waals surface area contributed by atoms with Crippen molar-refractivity contribution in [2.24, 2.45) is 22.2 Å². The Kier molecular flexibility index (Phi) is 7.42. The second-order valence-corrected chi connectivity index (χ2v) is 6.37. The number of nitro benzene ring substituents is 1. The number of nitrogens with one attached hydrogen (secondary N) is 1. The number of benzene rings is 2. The van der Waals surface area contributed by atoms with Crippen molar-refractivity contribution < 1.29 is 19.3 Å². The number of nitro groups is 1. The van der Waals surface area contributed by atoms with Crippen LogP contribution in [0.4, 0.5) is 11.4 Å². The Morgan fingerprint density at radius 3 is 2.30 bits per heavy atom. The van der Waals surface area contributed by atoms with Gasteiger partial charge in [0.05, 0.1) is 10.6 Å². The minimum Gasteiger partial charge on any atom is -0.370 e. The Morgan fingerprint density at radius 2 is 1.73 bits per heavy atom. The van der Waals surface area contributed by atoms with E-state index in [0.717, 1.165) is 0 Å². The molecular weight excluding hydrogens is 392 g/mol. The number of nitrogens with zero attached hydrogens (tertiary/aromatic N) is 2. The van der Waals surface area contributed by atoms with E-state index >= 15 is 0 Å². The minimum atomic E-state index is -1.99. The molecule has 0 aliphatic carbocycles. The van der Waals surface area contributed by atoms with E-state index in [1.54, 1.807) is 18.2 Å². The number of nitrogens with two attached hydrogens (primary N) is 3. The first-order valence-electron chi connectivity index (χ1n) is 8.90. The van der Waals surface area contributed by atoms with Crippen LogP contribution in [-0.2, 0) is 9.63 Å². The molecule has 0 radical (unpaired) electrons. The van der Waals surface area contributed by atoms with Crippen LogP contribution < -0.4 is 22.7 Å². The predicted molar refractivity (Wildman–Crippen MR) is 110 cm³/mol. The third-order valence-corrected chi connectivity index (χ3v) is 4.17. The van der Waals surface area contributed by atoms with Gasteiger partial charge in [-0.15, -0.1) is 0 Å². The van der Waals surface area contributed by atoms with Crippen LogP contribution in [0.5, 0.6) is 0 Å². The number of ketones is 1. The quantitative estimate of drug-likeness (QED) is 0.0838. The van der Waals surface area contributed by atoms with Crippen molar-refractivity contribution in [2.45, 2.75) is 18.4 Å². The average Bonchev–Trinajstić information content (AvgIpc) is 2.75. The van der Waals surface area contributed by atoms with Crippen molar-refractivity contribution in [2.75, 3.05) is 12.0 Å². The van der Waals surface area contributed by atoms with Gasteiger partial charge in [0, 0.05) is 24.2 Å². The van der Waals surface area contributed by atoms with Gasteiger partial charge in [0.25, 0.3) is 5.69 Å². The lowest BCUT2D eigenvalue weighted by Crippen LogP contribution is -2.56. The molecule has 0 fully saturated rings. The minimum absolute atomic E-state index is 0.0711. The van der Waals surface area contributed by atoms with Gasteiger partial charge in [-0.2, -0.15) is 0 Å². The van der Waals surface area contributed by atoms with Gasteiger partial charge < -0.3 is 22.0 Å². The van der Waals surface area contributed by atoms with Gasteiger partial charge in [0.2, 0.25) is 0 Å². The molecular formula is C19H22N6O5. The van der Waals surface area contributed by atoms with Crippen LogP contribution in [0.3, 0.4) is 0 Å². The summed E-state index contributed by atoms with van der Waals surface area (Å²) in [5.41, 5.74) is 17.5. The van der Waals surface area contributed by atoms with Crippen LogP contribution in [0.25, 0.3) is 0 Å². The van der Waals surface area contributed by atoms with E-state index in [9.17, 15) is 19.7 Å². The maximum Gasteiger partial charge on any atom is 0.359 e. The highest BCUT2D eigenvalue weighted by Crippen LogP contribution is 2.21. The van der Waals surface area contributed by atoms with E-state index in [1.807, 2.05) is 0 Å². The second-order valence-electron chi connectivity index (χ2n) is 6.37. The van der Waals surface area contributed by atoms with Crippen molar-refractivity contribution >= 4 is 29.1 Å². The van der Waals surface area contributed by atoms with E-state index in [2.05, 4.69) is 10.5 Å². The summed E-state index contributed by atoms with van der Waals surface area (Å²) in [7, 11) is 0. The molecule has 158 valence electrons. The molecule has 7 N–H and O–H groups in total. The zero-order chi connectivity index (χ0) is 22.1. The molecule has 1 atom stereocenters. The van der Waals surface area contributed by atoms with E-state index in [0.29, 0.717) is 0 Å². The predicted octanol–water partition coefficient (Wildman–Crippen LogP) is 1.10. The van der Waals surface area contributed by atoms with Crippen molar-refractivity contribution in [1.82, 2.24) is 0 Å². The standard InChI is InChI=1S/C19H22N6O5/c20-18(21)23-12-4-11-19(22,16(26)13-5-2-1-3-6-13)17(27)30-24-14-7-9-15(10-8-14)25(28)29/h1-3,5-10,24H,4,11-12,22H2,(H4,20,21,23)/t19-/m1/s1. The average molecular weight is 414 g/mol. The van der Waals surface area contributed by atoms with Gasteiger partial charge in [0.15, 0.2) is 17.3 Å². The van der Waals surface area contributed by atoms with Gasteiger partial charge in [-0.1, -0.05) is 30.3 Å². The Balaban J connectivity index is 2.15. The first kappa shape index (κ1) is 22.3. The molecule has 0 spiro atoms. The van der Waals surface area contributed by atoms with Gasteiger partial charge in [-0.05, 0) is 25.0 Å². The summed E-state index contributed by atoms with van der Waals surface area (Å²) in [6.45, 7) is 0.173. The summed E-state index contributed by atoms with van der Waals surface area (Å²) in [5.74, 6) is -1.75. The molecule has 0 aliphatic heterocycles. The van der Waals surface area contributed by atoms with Crippen molar-refractivity contribution in [3.05, 3.63) is 70.3 Å². The van der Waals surface area contributed by atoms with E-state index < -0.39 is 22.2 Å². The van der Waals surface area contributed by atoms with Gasteiger partial charge in [-0.25, -0.2) is 10.3 Å². The summed E-state index contributed by atoms with van der Waals surface area (Å²) < 4.78 is 0. The molecule has 0 aliphatic rings. The van der Waals surface area contributed by atoms with Gasteiger partial charge in [-0.3, -0.25) is 19.9 Å². The van der Waals surface area contributed by atoms with Crippen LogP contribution in [-0.4, -0.2) is 34.7 Å². The Labute approximate surface area is 172 Å². The molecule has 0 unspecified atom stereocenters. The van der Waals surface area contributed by atoms with Crippen molar-refractivity contribution in [1.29, 1.82) is 0 Å². The third-order valence-electron chi connectivity index (χ3n) is 4.17. The SMILES string of the molecule is NC(N)=NCCC[C@](N)(C(=O)ONc1ccc([N+](=O)[O-])cc1)C(=O)c1ccccc1. The topological polar surface area (TPSA) is 189 Å². The van der Waals surface area contributed by atoms with Crippen LogP contribution in [0.15, 0.2) is 59.6 Å². The summed E-state index contributed by atoms with van der Waals surface area (Å²) in [4.78, 5) is 44.7. The molecule has 0 bridgehead atoms. The normalized spacial score (nSPS) is 12.3. The maximum atomic E-state index is 13.0. The van der Waals surface area contributed by atoms with Crippen molar-refractivity contribution in [3.8, 4) is 0 Å². The summed E-state index contributed by atoms with van der Waals surface area (Å²) in [5, 5.41) is 10.7. The number of anilines is 1. The smallest absolute Gasteiger partial charge is 0.359 e. The zero-order valence-electron chi connectivity index (χ0n) is 16.0. The third kappa shape index (κ3) is 5.75. The molecule has 11 nitrogen and oxygen atoms in total. The number of Topliss-reactive ketones (excluding diaryl/α,β-unsaturated/α-hetero) is 1. The van der Waals surface area contributed by atoms with Crippen LogP contribution >= 0.6 is 0 Å². The number of hydrogen-bond donors (Lipinski definition) is 4. The highest BCUT2D eigenvalue weighted by molar-refractivity contribution is 6.16. The molecule has 0 aromatic heterocycles. The Hall–Kier alpha value is -3.99. The monoisotopic (exact) mass is 414 g/mol. The van der Waals surface area contributed by atoms with E-state index in [1.165, 1.54) is 36.4 Å². The van der Waals surface area contributed by atoms with Crippen LogP contribution in [0.2, 0.25) is 0 Å². The maximum absolute atomic E-state index is 13.0. The Morgan fingerprint density at radius 1 is 1.10 bits per heavy atom. The lowest BCUT2D eigenvalue weighted by atomic mass is 9.86. The number of non-ortho nitro benzene ring substituents is 1. The number of carbonyl (C=O) groups is 2. The number of carbonyl (C=O) groups excluding carboxylic acids is 2. The first-order valence-corrected chi connectivity index (χ1v) is 8.90. The van der Waals surface area contributed by atoms with Crippen LogP contribution in [0, 0.1) is 10.1 Å². The summed E-state index contributed by atoms with van der Waals surface area (Å²) in [6.07, 6.45) is 0.178. The lowest BCUT2D eigenvalue weighted by molar-refractivity contribution is -0.384. The number of guanidine groups is 1. The highest BCUT2D eigenvalue weighted by Gasteiger charge is 2.44. The molecule has 0 amide bonds. The molecule has 0 heterocycles. The number of aliphatic imine (C=N–C) groups is 1. The first-order chi connectivity index (χ1) is 14.2. The largest absolute Gasteiger partial charge is 0.370 e. The van der Waals surface area contributed by atoms with Crippen LogP contribution in [0.1, 0.15) is 23.2 Å². The van der Waals surface area contributed by atoms with E-state index in [-0.39, 0.29) is 42.3 Å². The second kappa shape index (κ2) is 9.98. The fourth-order valence-corrected chi connectivity index (χ4v) is 2.57. The molecule has 2 rings (SSSR count). The number of hydrogen-bond acceptors (Lipinski definition) is 8. The summed E-state index contributed by atoms with van der Waals surface area (Å²) >= 11 is 0. The molecule has 0 saturated carbocycles. The molecule has 11 heteroatoms. The number of rotatable bonds is 10. The van der Waals surface area contributed by atoms with Crippen molar-refractivity contribution in [3.63, 3.8) is 0 Å². The van der Waals surface area contributed by atoms with Gasteiger partial charge in [0.1, 0.15) is 0 Å². The van der Waals surface area contributed by atoms with E-state index in [4.69, 9.17) is 22.0 Å². The molecule has 0 saturated heterocycles. The molecule has 30 heavy (non-hydrogen) atoms.